The van der Waals surface area contributed by atoms with Gasteiger partial charge in [-0.15, -0.1) is 11.3 Å². The summed E-state index contributed by atoms with van der Waals surface area (Å²) in [6.07, 6.45) is 4.74. The number of hydrogen-bond acceptors (Lipinski definition) is 4. The van der Waals surface area contributed by atoms with Crippen LogP contribution >= 0.6 is 11.3 Å². The van der Waals surface area contributed by atoms with Crippen LogP contribution < -0.4 is 10.6 Å². The number of thiazole rings is 1. The first kappa shape index (κ1) is 15.3. The van der Waals surface area contributed by atoms with Crippen LogP contribution in [0.2, 0.25) is 0 Å². The lowest BCUT2D eigenvalue weighted by atomic mass is 10.2. The normalized spacial score (nSPS) is 19.3. The van der Waals surface area contributed by atoms with E-state index in [1.165, 1.54) is 11.4 Å². The van der Waals surface area contributed by atoms with Crippen LogP contribution in [-0.4, -0.2) is 43.8 Å². The van der Waals surface area contributed by atoms with Crippen molar-refractivity contribution in [2.45, 2.75) is 38.7 Å². The molecule has 0 bridgehead atoms. The summed E-state index contributed by atoms with van der Waals surface area (Å²) in [7, 11) is 1.80. The topological polar surface area (TPSA) is 58.5 Å². The molecule has 1 unspecified atom stereocenters. The number of aliphatic imine (C=N–C) groups is 1. The molecule has 0 radical (unpaired) electrons. The Balaban J connectivity index is 1.58. The molecule has 1 saturated heterocycles. The van der Waals surface area contributed by atoms with Crippen molar-refractivity contribution in [3.05, 3.63) is 16.1 Å². The first-order valence-electron chi connectivity index (χ1n) is 7.25. The fourth-order valence-electron chi connectivity index (χ4n) is 2.20. The summed E-state index contributed by atoms with van der Waals surface area (Å²) in [6.45, 7) is 4.68. The van der Waals surface area contributed by atoms with Gasteiger partial charge in [-0.2, -0.15) is 0 Å². The fourth-order valence-corrected chi connectivity index (χ4v) is 3.02. The number of hydrogen-bond donors (Lipinski definition) is 2. The van der Waals surface area contributed by atoms with Crippen LogP contribution in [0.5, 0.6) is 0 Å². The predicted molar refractivity (Wildman–Crippen MR) is 83.5 cm³/mol. The van der Waals surface area contributed by atoms with Gasteiger partial charge in [0.2, 0.25) is 0 Å². The minimum atomic E-state index is 0.340. The Morgan fingerprint density at radius 1 is 1.55 bits per heavy atom. The van der Waals surface area contributed by atoms with Gasteiger partial charge in [-0.25, -0.2) is 4.98 Å². The highest BCUT2D eigenvalue weighted by Crippen LogP contribution is 2.11. The van der Waals surface area contributed by atoms with Gasteiger partial charge in [-0.3, -0.25) is 4.99 Å². The van der Waals surface area contributed by atoms with Crippen LogP contribution in [0.4, 0.5) is 0 Å². The Hall–Kier alpha value is -1.14. The highest BCUT2D eigenvalue weighted by molar-refractivity contribution is 7.09. The first-order valence-corrected chi connectivity index (χ1v) is 8.13. The molecule has 1 aliphatic heterocycles. The predicted octanol–water partition coefficient (Wildman–Crippen LogP) is 1.73. The summed E-state index contributed by atoms with van der Waals surface area (Å²) in [5, 5.41) is 9.96. The fraction of sp³-hybridized carbons (Fsp3) is 0.714. The molecule has 1 aliphatic rings. The Bertz CT molecular complexity index is 427. The van der Waals surface area contributed by atoms with E-state index in [1.54, 1.807) is 18.4 Å². The van der Waals surface area contributed by atoms with Crippen molar-refractivity contribution in [2.24, 2.45) is 4.99 Å². The van der Waals surface area contributed by atoms with E-state index < -0.39 is 0 Å². The lowest BCUT2D eigenvalue weighted by molar-refractivity contribution is 0.114. The zero-order chi connectivity index (χ0) is 14.2. The van der Waals surface area contributed by atoms with Crippen LogP contribution in [0.15, 0.2) is 10.4 Å². The SMILES string of the molecule is CN=C(NCCCc1nc(C)cs1)NCC1CCCO1. The van der Waals surface area contributed by atoms with Gasteiger partial charge in [0.25, 0.3) is 0 Å². The molecule has 6 heteroatoms. The molecule has 1 fully saturated rings. The summed E-state index contributed by atoms with van der Waals surface area (Å²) in [6, 6.07) is 0. The van der Waals surface area contributed by atoms with E-state index in [1.807, 2.05) is 6.92 Å². The van der Waals surface area contributed by atoms with Gasteiger partial charge in [-0.1, -0.05) is 0 Å². The molecule has 1 atom stereocenters. The summed E-state index contributed by atoms with van der Waals surface area (Å²) in [5.41, 5.74) is 1.12. The van der Waals surface area contributed by atoms with Crippen LogP contribution in [0.3, 0.4) is 0 Å². The molecule has 5 nitrogen and oxygen atoms in total. The number of ether oxygens (including phenoxy) is 1. The molecule has 2 rings (SSSR count). The lowest BCUT2D eigenvalue weighted by Crippen LogP contribution is -2.41. The summed E-state index contributed by atoms with van der Waals surface area (Å²) in [4.78, 5) is 8.69. The highest BCUT2D eigenvalue weighted by Gasteiger charge is 2.15. The minimum absolute atomic E-state index is 0.340. The van der Waals surface area contributed by atoms with Crippen LogP contribution in [0, 0.1) is 6.92 Å². The number of aromatic nitrogens is 1. The van der Waals surface area contributed by atoms with Crippen molar-refractivity contribution in [3.63, 3.8) is 0 Å². The molecular formula is C14H24N4OS. The maximum atomic E-state index is 5.58. The Morgan fingerprint density at radius 3 is 3.10 bits per heavy atom. The smallest absolute Gasteiger partial charge is 0.191 e. The van der Waals surface area contributed by atoms with Gasteiger partial charge < -0.3 is 15.4 Å². The van der Waals surface area contributed by atoms with Gasteiger partial charge in [-0.05, 0) is 26.2 Å². The van der Waals surface area contributed by atoms with Crippen molar-refractivity contribution in [1.82, 2.24) is 15.6 Å². The van der Waals surface area contributed by atoms with Gasteiger partial charge >= 0.3 is 0 Å². The van der Waals surface area contributed by atoms with E-state index in [4.69, 9.17) is 4.74 Å². The van der Waals surface area contributed by atoms with Crippen molar-refractivity contribution in [1.29, 1.82) is 0 Å². The zero-order valence-corrected chi connectivity index (χ0v) is 13.1. The van der Waals surface area contributed by atoms with Crippen molar-refractivity contribution < 1.29 is 4.74 Å². The molecule has 0 saturated carbocycles. The van der Waals surface area contributed by atoms with Gasteiger partial charge in [0.1, 0.15) is 0 Å². The molecule has 1 aromatic rings. The third-order valence-corrected chi connectivity index (χ3v) is 4.30. The van der Waals surface area contributed by atoms with Crippen LogP contribution in [-0.2, 0) is 11.2 Å². The average molecular weight is 296 g/mol. The number of nitrogens with zero attached hydrogens (tertiary/aromatic N) is 2. The number of rotatable bonds is 6. The molecule has 2 N–H and O–H groups in total. The van der Waals surface area contributed by atoms with Crippen molar-refractivity contribution >= 4 is 17.3 Å². The van der Waals surface area contributed by atoms with Crippen molar-refractivity contribution in [3.8, 4) is 0 Å². The maximum Gasteiger partial charge on any atom is 0.191 e. The zero-order valence-electron chi connectivity index (χ0n) is 12.3. The molecule has 112 valence electrons. The maximum absolute atomic E-state index is 5.58. The van der Waals surface area contributed by atoms with Crippen molar-refractivity contribution in [2.75, 3.05) is 26.7 Å². The quantitative estimate of drug-likeness (QED) is 0.477. The first-order chi connectivity index (χ1) is 9.78. The monoisotopic (exact) mass is 296 g/mol. The molecular weight excluding hydrogens is 272 g/mol. The van der Waals surface area contributed by atoms with Gasteiger partial charge in [0, 0.05) is 44.2 Å². The number of nitrogens with one attached hydrogen (secondary N) is 2. The minimum Gasteiger partial charge on any atom is -0.376 e. The second kappa shape index (κ2) is 8.21. The van der Waals surface area contributed by atoms with E-state index in [0.717, 1.165) is 50.6 Å². The van der Waals surface area contributed by atoms with E-state index in [9.17, 15) is 0 Å². The van der Waals surface area contributed by atoms with Gasteiger partial charge in [0.05, 0.1) is 11.1 Å². The lowest BCUT2D eigenvalue weighted by Gasteiger charge is -2.14. The number of guanidine groups is 1. The molecule has 0 amide bonds. The molecule has 0 aromatic carbocycles. The molecule has 0 aliphatic carbocycles. The molecule has 0 spiro atoms. The average Bonchev–Trinajstić information content (AvgIpc) is 3.09. The Morgan fingerprint density at radius 2 is 2.45 bits per heavy atom. The van der Waals surface area contributed by atoms with Crippen LogP contribution in [0.25, 0.3) is 0 Å². The molecule has 20 heavy (non-hydrogen) atoms. The second-order valence-corrected chi connectivity index (χ2v) is 5.94. The summed E-state index contributed by atoms with van der Waals surface area (Å²) >= 11 is 1.74. The standard InChI is InChI=1S/C14H24N4OS/c1-11-10-20-13(18-11)6-3-7-16-14(15-2)17-9-12-5-4-8-19-12/h10,12H,3-9H2,1-2H3,(H2,15,16,17). The molecule has 2 heterocycles. The van der Waals surface area contributed by atoms with E-state index in [2.05, 4.69) is 26.0 Å². The number of aryl methyl sites for hydroxylation is 2. The van der Waals surface area contributed by atoms with E-state index in [-0.39, 0.29) is 0 Å². The van der Waals surface area contributed by atoms with E-state index in [0.29, 0.717) is 6.10 Å². The summed E-state index contributed by atoms with van der Waals surface area (Å²) < 4.78 is 5.58. The third kappa shape index (κ3) is 5.09. The third-order valence-electron chi connectivity index (χ3n) is 3.27. The Labute approximate surface area is 124 Å². The summed E-state index contributed by atoms with van der Waals surface area (Å²) in [5.74, 6) is 0.857. The highest BCUT2D eigenvalue weighted by atomic mass is 32.1. The molecule has 1 aromatic heterocycles. The van der Waals surface area contributed by atoms with E-state index >= 15 is 0 Å². The largest absolute Gasteiger partial charge is 0.376 e. The Kier molecular flexibility index (Phi) is 6.26. The van der Waals surface area contributed by atoms with Gasteiger partial charge in [0.15, 0.2) is 5.96 Å². The van der Waals surface area contributed by atoms with Crippen LogP contribution in [0.1, 0.15) is 30.0 Å². The second-order valence-electron chi connectivity index (χ2n) is 5.00.